The minimum Gasteiger partial charge on any atom is -0.478 e. The first-order valence-electron chi connectivity index (χ1n) is 12.0. The van der Waals surface area contributed by atoms with Crippen LogP contribution >= 0.6 is 0 Å². The van der Waals surface area contributed by atoms with E-state index >= 15 is 0 Å². The van der Waals surface area contributed by atoms with Crippen molar-refractivity contribution in [3.63, 3.8) is 0 Å². The summed E-state index contributed by atoms with van der Waals surface area (Å²) in [4.78, 5) is 32.4. The quantitative estimate of drug-likeness (QED) is 0.0589. The van der Waals surface area contributed by atoms with Gasteiger partial charge in [0.15, 0.2) is 0 Å². The molecule has 4 aromatic rings. The van der Waals surface area contributed by atoms with Crippen LogP contribution in [-0.2, 0) is 20.2 Å². The lowest BCUT2D eigenvalue weighted by Crippen LogP contribution is -2.08. The molecule has 0 radical (unpaired) electrons. The van der Waals surface area contributed by atoms with Crippen molar-refractivity contribution in [2.24, 2.45) is 0 Å². The third-order valence-electron chi connectivity index (χ3n) is 5.72. The van der Waals surface area contributed by atoms with Crippen molar-refractivity contribution in [3.05, 3.63) is 87.5 Å². The van der Waals surface area contributed by atoms with Crippen LogP contribution < -0.4 is 16.0 Å². The number of carbonyl (C=O) groups is 1. The van der Waals surface area contributed by atoms with Crippen molar-refractivity contribution in [1.29, 1.82) is 0 Å². The molecule has 17 nitrogen and oxygen atoms in total. The van der Waals surface area contributed by atoms with Crippen LogP contribution in [0.1, 0.15) is 21.5 Å². The van der Waals surface area contributed by atoms with Gasteiger partial charge < -0.3 is 21.1 Å². The standard InChI is InChI=1S/C25H21N7O10S2/c1-26-23-29-24(27-17-8-5-16(6-9-17)22(33)34)31-25(30-23)28-18-10-4-14(20(12-18)43(37,38)39)2-3-15-7-11-19(32(35)36)13-21(15)44(40,41)42/h2-13H,1H3,(H,33,34)(H,37,38,39)(H,40,41,42)(H3,26,27,28,29,30,31)/b3-2+. The summed E-state index contributed by atoms with van der Waals surface area (Å²) in [5, 5.41) is 28.5. The number of carboxylic acids is 1. The molecule has 0 amide bonds. The second kappa shape index (κ2) is 12.4. The van der Waals surface area contributed by atoms with Crippen molar-refractivity contribution in [2.75, 3.05) is 23.0 Å². The van der Waals surface area contributed by atoms with Crippen LogP contribution in [0.4, 0.5) is 34.9 Å². The molecule has 0 fully saturated rings. The van der Waals surface area contributed by atoms with Crippen LogP contribution in [0.3, 0.4) is 0 Å². The van der Waals surface area contributed by atoms with Crippen molar-refractivity contribution in [2.45, 2.75) is 9.79 Å². The van der Waals surface area contributed by atoms with E-state index in [2.05, 4.69) is 30.9 Å². The lowest BCUT2D eigenvalue weighted by Gasteiger charge is -2.12. The molecule has 0 saturated heterocycles. The molecule has 6 N–H and O–H groups in total. The molecule has 4 rings (SSSR count). The fourth-order valence-corrected chi connectivity index (χ4v) is 5.12. The third-order valence-corrected chi connectivity index (χ3v) is 7.54. The molecule has 228 valence electrons. The van der Waals surface area contributed by atoms with Crippen LogP contribution in [0.15, 0.2) is 70.5 Å². The molecule has 0 aliphatic heterocycles. The molecule has 0 bridgehead atoms. The summed E-state index contributed by atoms with van der Waals surface area (Å²) in [5.74, 6) is -0.996. The molecular formula is C25H21N7O10S2. The Morgan fingerprint density at radius 3 is 1.75 bits per heavy atom. The third kappa shape index (κ3) is 7.66. The Bertz CT molecular complexity index is 2020. The second-order valence-electron chi connectivity index (χ2n) is 8.70. The summed E-state index contributed by atoms with van der Waals surface area (Å²) in [6.45, 7) is 0. The largest absolute Gasteiger partial charge is 0.478 e. The summed E-state index contributed by atoms with van der Waals surface area (Å²) in [6, 6.07) is 12.2. The number of rotatable bonds is 11. The Morgan fingerprint density at radius 1 is 0.773 bits per heavy atom. The summed E-state index contributed by atoms with van der Waals surface area (Å²) in [6.07, 6.45) is 2.22. The van der Waals surface area contributed by atoms with Gasteiger partial charge in [-0.1, -0.05) is 18.2 Å². The SMILES string of the molecule is CNc1nc(Nc2ccc(C(=O)O)cc2)nc(Nc2ccc(/C=C/c3ccc([N+](=O)[O-])cc3S(=O)(=O)O)c(S(=O)(=O)O)c2)n1. The van der Waals surface area contributed by atoms with E-state index in [1.807, 2.05) is 0 Å². The summed E-state index contributed by atoms with van der Waals surface area (Å²) in [5.41, 5.74) is -0.250. The Balaban J connectivity index is 1.66. The number of nitrogens with zero attached hydrogens (tertiary/aromatic N) is 4. The van der Waals surface area contributed by atoms with E-state index in [0.29, 0.717) is 11.8 Å². The van der Waals surface area contributed by atoms with E-state index in [0.717, 1.165) is 30.4 Å². The van der Waals surface area contributed by atoms with Gasteiger partial charge >= 0.3 is 5.97 Å². The molecule has 0 atom stereocenters. The number of nitro benzene ring substituents is 1. The van der Waals surface area contributed by atoms with Gasteiger partial charge in [-0.15, -0.1) is 0 Å². The monoisotopic (exact) mass is 643 g/mol. The Hall–Kier alpha value is -5.50. The van der Waals surface area contributed by atoms with Crippen molar-refractivity contribution in [3.8, 4) is 0 Å². The maximum absolute atomic E-state index is 12.2. The van der Waals surface area contributed by atoms with Gasteiger partial charge in [-0.05, 0) is 53.6 Å². The molecule has 44 heavy (non-hydrogen) atoms. The van der Waals surface area contributed by atoms with Gasteiger partial charge in [0.25, 0.3) is 25.9 Å². The van der Waals surface area contributed by atoms with Crippen LogP contribution in [0.5, 0.6) is 0 Å². The van der Waals surface area contributed by atoms with Gasteiger partial charge in [-0.3, -0.25) is 19.2 Å². The molecule has 0 saturated carbocycles. The molecule has 0 spiro atoms. The van der Waals surface area contributed by atoms with Crippen molar-refractivity contribution < 1.29 is 40.8 Å². The highest BCUT2D eigenvalue weighted by Gasteiger charge is 2.20. The average Bonchev–Trinajstić information content (AvgIpc) is 2.95. The van der Waals surface area contributed by atoms with Gasteiger partial charge in [-0.2, -0.15) is 31.8 Å². The Labute approximate surface area is 249 Å². The lowest BCUT2D eigenvalue weighted by molar-refractivity contribution is -0.385. The number of aromatic carboxylic acids is 1. The number of nitro groups is 1. The normalized spacial score (nSPS) is 11.7. The van der Waals surface area contributed by atoms with Gasteiger partial charge in [0, 0.05) is 30.6 Å². The number of hydrogen-bond acceptors (Lipinski definition) is 13. The fraction of sp³-hybridized carbons (Fsp3) is 0.0400. The van der Waals surface area contributed by atoms with E-state index in [4.69, 9.17) is 5.11 Å². The highest BCUT2D eigenvalue weighted by molar-refractivity contribution is 7.86. The first-order valence-corrected chi connectivity index (χ1v) is 14.9. The van der Waals surface area contributed by atoms with Crippen LogP contribution in [-0.4, -0.2) is 63.9 Å². The fourth-order valence-electron chi connectivity index (χ4n) is 3.70. The first kappa shape index (κ1) is 31.4. The van der Waals surface area contributed by atoms with E-state index in [1.165, 1.54) is 36.4 Å². The summed E-state index contributed by atoms with van der Waals surface area (Å²) >= 11 is 0. The number of hydrogen-bond donors (Lipinski definition) is 6. The summed E-state index contributed by atoms with van der Waals surface area (Å²) in [7, 11) is -8.20. The topological polar surface area (TPSA) is 264 Å². The predicted octanol–water partition coefficient (Wildman–Crippen LogP) is 3.67. The Kier molecular flexibility index (Phi) is 8.85. The highest BCUT2D eigenvalue weighted by Crippen LogP contribution is 2.28. The molecule has 1 aromatic heterocycles. The van der Waals surface area contributed by atoms with Crippen LogP contribution in [0, 0.1) is 10.1 Å². The number of benzene rings is 3. The molecular weight excluding hydrogens is 622 g/mol. The summed E-state index contributed by atoms with van der Waals surface area (Å²) < 4.78 is 67.5. The second-order valence-corrected chi connectivity index (χ2v) is 11.5. The van der Waals surface area contributed by atoms with Gasteiger partial charge in [0.1, 0.15) is 9.79 Å². The lowest BCUT2D eigenvalue weighted by atomic mass is 10.1. The average molecular weight is 644 g/mol. The smallest absolute Gasteiger partial charge is 0.335 e. The molecule has 1 heterocycles. The highest BCUT2D eigenvalue weighted by atomic mass is 32.2. The molecule has 19 heteroatoms. The maximum atomic E-state index is 12.2. The maximum Gasteiger partial charge on any atom is 0.335 e. The number of non-ortho nitro benzene ring substituents is 1. The number of carboxylic acid groups (broad SMARTS) is 1. The van der Waals surface area contributed by atoms with Gasteiger partial charge in [0.05, 0.1) is 10.5 Å². The molecule has 0 aliphatic rings. The first-order chi connectivity index (χ1) is 20.6. The van der Waals surface area contributed by atoms with Gasteiger partial charge in [0.2, 0.25) is 17.8 Å². The zero-order valence-electron chi connectivity index (χ0n) is 22.2. The number of anilines is 5. The predicted molar refractivity (Wildman–Crippen MR) is 157 cm³/mol. The minimum atomic E-state index is -4.89. The van der Waals surface area contributed by atoms with Crippen LogP contribution in [0.25, 0.3) is 12.2 Å². The molecule has 0 unspecified atom stereocenters. The zero-order valence-corrected chi connectivity index (χ0v) is 23.9. The molecule has 0 aliphatic carbocycles. The minimum absolute atomic E-state index is 0.0437. The van der Waals surface area contributed by atoms with Gasteiger partial charge in [-0.25, -0.2) is 4.79 Å². The van der Waals surface area contributed by atoms with E-state index in [1.54, 1.807) is 7.05 Å². The molecule has 3 aromatic carbocycles. The van der Waals surface area contributed by atoms with E-state index < -0.39 is 46.6 Å². The number of aromatic nitrogens is 3. The number of nitrogens with one attached hydrogen (secondary N) is 3. The zero-order chi connectivity index (χ0) is 32.2. The van der Waals surface area contributed by atoms with E-state index in [9.17, 15) is 40.8 Å². The van der Waals surface area contributed by atoms with Crippen molar-refractivity contribution >= 4 is 73.3 Å². The van der Waals surface area contributed by atoms with E-state index in [-0.39, 0.29) is 40.2 Å². The van der Waals surface area contributed by atoms with Crippen LogP contribution in [0.2, 0.25) is 0 Å². The Morgan fingerprint density at radius 2 is 1.25 bits per heavy atom. The van der Waals surface area contributed by atoms with Crippen molar-refractivity contribution in [1.82, 2.24) is 15.0 Å².